The molecule has 0 saturated heterocycles. The monoisotopic (exact) mass is 222 g/mol. The fourth-order valence-electron chi connectivity index (χ4n) is 1.15. The Bertz CT molecular complexity index is 463. The Kier molecular flexibility index (Phi) is 2.95. The third-order valence-corrected chi connectivity index (χ3v) is 1.78. The Morgan fingerprint density at radius 3 is 3.19 bits per heavy atom. The molecule has 0 radical (unpaired) electrons. The summed E-state index contributed by atoms with van der Waals surface area (Å²) in [7, 11) is 0. The van der Waals surface area contributed by atoms with Crippen molar-refractivity contribution in [1.29, 1.82) is 0 Å². The Morgan fingerprint density at radius 1 is 1.62 bits per heavy atom. The highest BCUT2D eigenvalue weighted by Gasteiger charge is 2.13. The van der Waals surface area contributed by atoms with Crippen molar-refractivity contribution in [1.82, 2.24) is 20.1 Å². The second kappa shape index (κ2) is 4.56. The van der Waals surface area contributed by atoms with Crippen LogP contribution >= 0.6 is 0 Å². The number of hydrogen-bond donors (Lipinski definition) is 1. The van der Waals surface area contributed by atoms with E-state index in [4.69, 9.17) is 9.26 Å². The summed E-state index contributed by atoms with van der Waals surface area (Å²) in [5.74, 6) is 0.644. The van der Waals surface area contributed by atoms with E-state index < -0.39 is 5.97 Å². The second-order valence-corrected chi connectivity index (χ2v) is 2.93. The first-order chi connectivity index (χ1) is 7.79. The number of rotatable bonds is 4. The van der Waals surface area contributed by atoms with Gasteiger partial charge in [0.15, 0.2) is 5.82 Å². The van der Waals surface area contributed by atoms with Crippen molar-refractivity contribution < 1.29 is 14.1 Å². The molecule has 0 aliphatic carbocycles. The molecular weight excluding hydrogens is 212 g/mol. The molecule has 2 rings (SSSR count). The van der Waals surface area contributed by atoms with Gasteiger partial charge < -0.3 is 14.2 Å². The van der Waals surface area contributed by atoms with E-state index in [0.717, 1.165) is 0 Å². The number of aromatic amines is 1. The number of nitrogens with one attached hydrogen (secondary N) is 1. The lowest BCUT2D eigenvalue weighted by Crippen LogP contribution is -2.07. The van der Waals surface area contributed by atoms with E-state index in [1.54, 1.807) is 19.3 Å². The van der Waals surface area contributed by atoms with Crippen LogP contribution in [0.3, 0.4) is 0 Å². The van der Waals surface area contributed by atoms with E-state index in [9.17, 15) is 4.79 Å². The molecule has 0 spiro atoms. The lowest BCUT2D eigenvalue weighted by molar-refractivity contribution is -0.142. The molecule has 84 valence electrons. The van der Waals surface area contributed by atoms with Gasteiger partial charge in [0.25, 0.3) is 0 Å². The topological polar surface area (TPSA) is 93.9 Å². The quantitative estimate of drug-likeness (QED) is 0.760. The first kappa shape index (κ1) is 10.3. The van der Waals surface area contributed by atoms with Crippen molar-refractivity contribution in [3.8, 4) is 11.6 Å². The zero-order valence-corrected chi connectivity index (χ0v) is 8.64. The van der Waals surface area contributed by atoms with E-state index in [-0.39, 0.29) is 12.3 Å². The molecule has 7 nitrogen and oxygen atoms in total. The third kappa shape index (κ3) is 2.25. The number of aromatic nitrogens is 4. The van der Waals surface area contributed by atoms with Gasteiger partial charge in [-0.2, -0.15) is 4.98 Å². The van der Waals surface area contributed by atoms with Crippen LogP contribution in [-0.2, 0) is 16.0 Å². The van der Waals surface area contributed by atoms with Crippen LogP contribution in [0.2, 0.25) is 0 Å². The van der Waals surface area contributed by atoms with Gasteiger partial charge in [0, 0.05) is 12.4 Å². The molecule has 0 aliphatic heterocycles. The van der Waals surface area contributed by atoms with Crippen LogP contribution in [0.15, 0.2) is 16.9 Å². The zero-order valence-electron chi connectivity index (χ0n) is 8.64. The van der Waals surface area contributed by atoms with Gasteiger partial charge in [-0.25, -0.2) is 4.98 Å². The van der Waals surface area contributed by atoms with E-state index in [1.165, 1.54) is 0 Å². The van der Waals surface area contributed by atoms with Gasteiger partial charge in [-0.15, -0.1) is 0 Å². The second-order valence-electron chi connectivity index (χ2n) is 2.93. The van der Waals surface area contributed by atoms with E-state index in [2.05, 4.69) is 20.1 Å². The van der Waals surface area contributed by atoms with Gasteiger partial charge in [-0.1, -0.05) is 5.16 Å². The van der Waals surface area contributed by atoms with Crippen LogP contribution < -0.4 is 0 Å². The summed E-state index contributed by atoms with van der Waals surface area (Å²) in [5, 5.41) is 3.68. The number of hydrogen-bond acceptors (Lipinski definition) is 6. The molecule has 2 aromatic heterocycles. The average Bonchev–Trinajstić information content (AvgIpc) is 2.86. The van der Waals surface area contributed by atoms with Crippen LogP contribution in [-0.4, -0.2) is 32.7 Å². The standard InChI is InChI=1S/C9H10N4O3/c1-2-15-7(14)5-6-12-9(13-16-6)8-10-3-4-11-8/h3-4H,2,5H2,1H3,(H,10,11). The summed E-state index contributed by atoms with van der Waals surface area (Å²) in [6.07, 6.45) is 3.20. The fourth-order valence-corrected chi connectivity index (χ4v) is 1.15. The average molecular weight is 222 g/mol. The molecule has 0 aliphatic rings. The molecule has 0 bridgehead atoms. The molecule has 0 amide bonds. The van der Waals surface area contributed by atoms with Crippen LogP contribution in [0.4, 0.5) is 0 Å². The summed E-state index contributed by atoms with van der Waals surface area (Å²) < 4.78 is 9.64. The minimum Gasteiger partial charge on any atom is -0.466 e. The normalized spacial score (nSPS) is 10.3. The third-order valence-electron chi connectivity index (χ3n) is 1.78. The minimum absolute atomic E-state index is 0.0262. The van der Waals surface area contributed by atoms with E-state index >= 15 is 0 Å². The predicted octanol–water partition coefficient (Wildman–Crippen LogP) is 0.565. The maximum Gasteiger partial charge on any atom is 0.315 e. The minimum atomic E-state index is -0.392. The summed E-state index contributed by atoms with van der Waals surface area (Å²) in [4.78, 5) is 21.9. The molecule has 1 N–H and O–H groups in total. The number of esters is 1. The van der Waals surface area contributed by atoms with Crippen molar-refractivity contribution in [3.05, 3.63) is 18.3 Å². The molecule has 0 aromatic carbocycles. The number of H-pyrrole nitrogens is 1. The lowest BCUT2D eigenvalue weighted by atomic mass is 10.4. The lowest BCUT2D eigenvalue weighted by Gasteiger charge is -1.96. The maximum absolute atomic E-state index is 11.1. The van der Waals surface area contributed by atoms with E-state index in [1.807, 2.05) is 0 Å². The maximum atomic E-state index is 11.1. The first-order valence-corrected chi connectivity index (χ1v) is 4.77. The Labute approximate surface area is 90.8 Å². The molecule has 16 heavy (non-hydrogen) atoms. The molecule has 7 heteroatoms. The molecule has 0 atom stereocenters. The molecular formula is C9H10N4O3. The predicted molar refractivity (Wildman–Crippen MR) is 52.2 cm³/mol. The van der Waals surface area contributed by atoms with Crippen molar-refractivity contribution in [2.45, 2.75) is 13.3 Å². The Hall–Kier alpha value is -2.18. The van der Waals surface area contributed by atoms with Crippen LogP contribution in [0, 0.1) is 0 Å². The SMILES string of the molecule is CCOC(=O)Cc1nc(-c2ncc[nH]2)no1. The number of carbonyl (C=O) groups is 1. The molecule has 2 aromatic rings. The highest BCUT2D eigenvalue weighted by atomic mass is 16.5. The van der Waals surface area contributed by atoms with Gasteiger partial charge in [0.1, 0.15) is 6.42 Å². The summed E-state index contributed by atoms with van der Waals surface area (Å²) in [6.45, 7) is 2.07. The largest absolute Gasteiger partial charge is 0.466 e. The first-order valence-electron chi connectivity index (χ1n) is 4.77. The number of imidazole rings is 1. The molecule has 0 unspecified atom stereocenters. The van der Waals surface area contributed by atoms with Crippen molar-refractivity contribution >= 4 is 5.97 Å². The summed E-state index contributed by atoms with van der Waals surface area (Å²) in [5.41, 5.74) is 0. The van der Waals surface area contributed by atoms with E-state index in [0.29, 0.717) is 18.3 Å². The van der Waals surface area contributed by atoms with Gasteiger partial charge in [0.05, 0.1) is 6.61 Å². The summed E-state index contributed by atoms with van der Waals surface area (Å²) >= 11 is 0. The van der Waals surface area contributed by atoms with Crippen LogP contribution in [0.5, 0.6) is 0 Å². The smallest absolute Gasteiger partial charge is 0.315 e. The molecule has 2 heterocycles. The van der Waals surface area contributed by atoms with Crippen molar-refractivity contribution in [2.75, 3.05) is 6.61 Å². The van der Waals surface area contributed by atoms with Crippen LogP contribution in [0.25, 0.3) is 11.6 Å². The van der Waals surface area contributed by atoms with Gasteiger partial charge in [-0.05, 0) is 6.92 Å². The van der Waals surface area contributed by atoms with Crippen molar-refractivity contribution in [3.63, 3.8) is 0 Å². The van der Waals surface area contributed by atoms with Gasteiger partial charge in [0.2, 0.25) is 11.7 Å². The number of carbonyl (C=O) groups excluding carboxylic acids is 1. The van der Waals surface area contributed by atoms with Crippen molar-refractivity contribution in [2.24, 2.45) is 0 Å². The highest BCUT2D eigenvalue weighted by molar-refractivity contribution is 5.71. The Morgan fingerprint density at radius 2 is 2.50 bits per heavy atom. The molecule has 0 fully saturated rings. The van der Waals surface area contributed by atoms with Gasteiger partial charge in [-0.3, -0.25) is 4.79 Å². The zero-order chi connectivity index (χ0) is 11.4. The fraction of sp³-hybridized carbons (Fsp3) is 0.333. The molecule has 0 saturated carbocycles. The summed E-state index contributed by atoms with van der Waals surface area (Å²) in [6, 6.07) is 0. The number of ether oxygens (including phenoxy) is 1. The highest BCUT2D eigenvalue weighted by Crippen LogP contribution is 2.09. The Balaban J connectivity index is 2.06. The van der Waals surface area contributed by atoms with Crippen LogP contribution in [0.1, 0.15) is 12.8 Å². The van der Waals surface area contributed by atoms with Gasteiger partial charge >= 0.3 is 5.97 Å². The number of nitrogens with zero attached hydrogens (tertiary/aromatic N) is 3.